The van der Waals surface area contributed by atoms with Crippen molar-refractivity contribution >= 4 is 5.69 Å². The number of benzene rings is 2. The van der Waals surface area contributed by atoms with Crippen molar-refractivity contribution in [1.82, 2.24) is 0 Å². The molecule has 4 heteroatoms. The molecule has 0 heterocycles. The van der Waals surface area contributed by atoms with Gasteiger partial charge in [0.15, 0.2) is 0 Å². The van der Waals surface area contributed by atoms with Crippen LogP contribution in [0, 0.1) is 10.1 Å². The maximum absolute atomic E-state index is 10.5. The number of non-ortho nitro benzene ring substituents is 1. The minimum absolute atomic E-state index is 0.0989. The lowest BCUT2D eigenvalue weighted by Crippen LogP contribution is -1.94. The van der Waals surface area contributed by atoms with Crippen LogP contribution >= 0.6 is 0 Å². The molecule has 2 aromatic rings. The average molecular weight is 243 g/mol. The van der Waals surface area contributed by atoms with E-state index in [0.29, 0.717) is 13.2 Å². The molecule has 0 radical (unpaired) electrons. The van der Waals surface area contributed by atoms with Crippen LogP contribution in [-0.4, -0.2) is 4.92 Å². The van der Waals surface area contributed by atoms with Crippen LogP contribution in [-0.2, 0) is 18.0 Å². The van der Waals surface area contributed by atoms with Crippen LogP contribution in [0.4, 0.5) is 5.69 Å². The van der Waals surface area contributed by atoms with Crippen molar-refractivity contribution in [2.24, 2.45) is 0 Å². The quantitative estimate of drug-likeness (QED) is 0.598. The molecule has 0 aromatic heterocycles. The van der Waals surface area contributed by atoms with E-state index in [2.05, 4.69) is 0 Å². The number of hydrogen-bond donors (Lipinski definition) is 0. The van der Waals surface area contributed by atoms with E-state index in [4.69, 9.17) is 4.74 Å². The van der Waals surface area contributed by atoms with Gasteiger partial charge in [-0.05, 0) is 23.3 Å². The first-order valence-corrected chi connectivity index (χ1v) is 5.61. The summed E-state index contributed by atoms with van der Waals surface area (Å²) in [5.74, 6) is 0. The highest BCUT2D eigenvalue weighted by Crippen LogP contribution is 2.13. The second-order valence-electron chi connectivity index (χ2n) is 3.90. The smallest absolute Gasteiger partial charge is 0.269 e. The fourth-order valence-electron chi connectivity index (χ4n) is 1.57. The molecule has 0 saturated heterocycles. The summed E-state index contributed by atoms with van der Waals surface area (Å²) in [5.41, 5.74) is 2.14. The number of ether oxygens (including phenoxy) is 1. The van der Waals surface area contributed by atoms with Gasteiger partial charge < -0.3 is 4.74 Å². The Labute approximate surface area is 105 Å². The number of hydrogen-bond acceptors (Lipinski definition) is 3. The molecule has 0 aliphatic heterocycles. The van der Waals surface area contributed by atoms with E-state index in [0.717, 1.165) is 11.1 Å². The summed E-state index contributed by atoms with van der Waals surface area (Å²) in [5, 5.41) is 10.5. The van der Waals surface area contributed by atoms with Crippen LogP contribution in [0.25, 0.3) is 0 Å². The van der Waals surface area contributed by atoms with E-state index in [9.17, 15) is 10.1 Å². The first kappa shape index (κ1) is 12.3. The molecule has 2 aromatic carbocycles. The molecule has 0 atom stereocenters. The monoisotopic (exact) mass is 243 g/mol. The first-order chi connectivity index (χ1) is 8.75. The molecule has 0 aliphatic carbocycles. The van der Waals surface area contributed by atoms with Crippen molar-refractivity contribution in [3.8, 4) is 0 Å². The number of rotatable bonds is 5. The molecule has 4 nitrogen and oxygen atoms in total. The van der Waals surface area contributed by atoms with Gasteiger partial charge in [-0.2, -0.15) is 0 Å². The Balaban J connectivity index is 1.85. The number of nitrogens with zero attached hydrogens (tertiary/aromatic N) is 1. The lowest BCUT2D eigenvalue weighted by Gasteiger charge is -2.04. The van der Waals surface area contributed by atoms with Crippen LogP contribution in [0.5, 0.6) is 0 Å². The van der Waals surface area contributed by atoms with Crippen LogP contribution in [0.15, 0.2) is 54.6 Å². The molecule has 0 saturated carbocycles. The molecule has 0 unspecified atom stereocenters. The van der Waals surface area contributed by atoms with Gasteiger partial charge in [-0.25, -0.2) is 0 Å². The number of nitro groups is 1. The zero-order valence-corrected chi connectivity index (χ0v) is 9.78. The number of nitro benzene ring substituents is 1. The van der Waals surface area contributed by atoms with Gasteiger partial charge in [0.05, 0.1) is 18.1 Å². The second kappa shape index (κ2) is 5.93. The third-order valence-electron chi connectivity index (χ3n) is 2.53. The predicted molar refractivity (Wildman–Crippen MR) is 68.0 cm³/mol. The van der Waals surface area contributed by atoms with Crippen molar-refractivity contribution in [3.05, 3.63) is 75.8 Å². The molecule has 92 valence electrons. The molecule has 0 aliphatic rings. The Morgan fingerprint density at radius 1 is 0.889 bits per heavy atom. The molecule has 0 fully saturated rings. The van der Waals surface area contributed by atoms with E-state index >= 15 is 0 Å². The fraction of sp³-hybridized carbons (Fsp3) is 0.143. The minimum Gasteiger partial charge on any atom is -0.372 e. The van der Waals surface area contributed by atoms with Crippen molar-refractivity contribution in [2.45, 2.75) is 13.2 Å². The predicted octanol–water partition coefficient (Wildman–Crippen LogP) is 3.31. The van der Waals surface area contributed by atoms with E-state index in [1.165, 1.54) is 12.1 Å². The Morgan fingerprint density at radius 3 is 2.00 bits per heavy atom. The van der Waals surface area contributed by atoms with Crippen LogP contribution in [0.1, 0.15) is 11.1 Å². The Morgan fingerprint density at radius 2 is 1.44 bits per heavy atom. The highest BCUT2D eigenvalue weighted by Gasteiger charge is 2.03. The lowest BCUT2D eigenvalue weighted by atomic mass is 10.2. The van der Waals surface area contributed by atoms with Crippen molar-refractivity contribution in [2.75, 3.05) is 0 Å². The van der Waals surface area contributed by atoms with Crippen LogP contribution in [0.2, 0.25) is 0 Å². The summed E-state index contributed by atoms with van der Waals surface area (Å²) in [6.07, 6.45) is 0. The summed E-state index contributed by atoms with van der Waals surface area (Å²) in [7, 11) is 0. The Kier molecular flexibility index (Phi) is 4.04. The van der Waals surface area contributed by atoms with Crippen molar-refractivity contribution in [1.29, 1.82) is 0 Å². The van der Waals surface area contributed by atoms with E-state index < -0.39 is 4.92 Å². The van der Waals surface area contributed by atoms with Crippen molar-refractivity contribution < 1.29 is 9.66 Å². The van der Waals surface area contributed by atoms with Gasteiger partial charge in [-0.1, -0.05) is 30.3 Å². The second-order valence-corrected chi connectivity index (χ2v) is 3.90. The largest absolute Gasteiger partial charge is 0.372 e. The summed E-state index contributed by atoms with van der Waals surface area (Å²) in [6, 6.07) is 16.3. The maximum Gasteiger partial charge on any atom is 0.269 e. The maximum atomic E-state index is 10.5. The Bertz CT molecular complexity index is 508. The summed E-state index contributed by atoms with van der Waals surface area (Å²) in [6.45, 7) is 0.991. The topological polar surface area (TPSA) is 52.4 Å². The summed E-state index contributed by atoms with van der Waals surface area (Å²) >= 11 is 0. The third kappa shape index (κ3) is 3.40. The fourth-order valence-corrected chi connectivity index (χ4v) is 1.57. The molecule has 0 N–H and O–H groups in total. The van der Waals surface area contributed by atoms with E-state index in [1.54, 1.807) is 12.1 Å². The highest BCUT2D eigenvalue weighted by molar-refractivity contribution is 5.32. The molecule has 0 bridgehead atoms. The van der Waals surface area contributed by atoms with E-state index in [1.807, 2.05) is 30.3 Å². The third-order valence-corrected chi connectivity index (χ3v) is 2.53. The van der Waals surface area contributed by atoms with Gasteiger partial charge in [0.2, 0.25) is 0 Å². The summed E-state index contributed by atoms with van der Waals surface area (Å²) < 4.78 is 5.54. The Hall–Kier alpha value is -2.20. The first-order valence-electron chi connectivity index (χ1n) is 5.61. The molecule has 18 heavy (non-hydrogen) atoms. The van der Waals surface area contributed by atoms with E-state index in [-0.39, 0.29) is 5.69 Å². The van der Waals surface area contributed by atoms with Crippen LogP contribution < -0.4 is 0 Å². The average Bonchev–Trinajstić information content (AvgIpc) is 2.40. The highest BCUT2D eigenvalue weighted by atomic mass is 16.6. The SMILES string of the molecule is O=[N+]([O-])c1ccc(COCc2ccccc2)cc1. The standard InChI is InChI=1S/C14H13NO3/c16-15(17)14-8-6-13(7-9-14)11-18-10-12-4-2-1-3-5-12/h1-9H,10-11H2. The molecule has 2 rings (SSSR count). The van der Waals surface area contributed by atoms with Gasteiger partial charge in [0.25, 0.3) is 5.69 Å². The zero-order chi connectivity index (χ0) is 12.8. The van der Waals surface area contributed by atoms with Gasteiger partial charge in [0.1, 0.15) is 0 Å². The minimum atomic E-state index is -0.408. The lowest BCUT2D eigenvalue weighted by molar-refractivity contribution is -0.384. The van der Waals surface area contributed by atoms with Gasteiger partial charge in [-0.15, -0.1) is 0 Å². The molecular weight excluding hydrogens is 230 g/mol. The van der Waals surface area contributed by atoms with Gasteiger partial charge in [0, 0.05) is 12.1 Å². The summed E-state index contributed by atoms with van der Waals surface area (Å²) in [4.78, 5) is 10.1. The molecule has 0 spiro atoms. The van der Waals surface area contributed by atoms with Crippen molar-refractivity contribution in [3.63, 3.8) is 0 Å². The zero-order valence-electron chi connectivity index (χ0n) is 9.78. The molecular formula is C14H13NO3. The van der Waals surface area contributed by atoms with Crippen LogP contribution in [0.3, 0.4) is 0 Å². The van der Waals surface area contributed by atoms with Gasteiger partial charge in [-0.3, -0.25) is 10.1 Å². The van der Waals surface area contributed by atoms with Gasteiger partial charge >= 0.3 is 0 Å². The normalized spacial score (nSPS) is 10.2. The molecule has 0 amide bonds.